The quantitative estimate of drug-likeness (QED) is 0.872. The van der Waals surface area contributed by atoms with Crippen LogP contribution in [0.15, 0.2) is 47.4 Å². The first-order valence-electron chi connectivity index (χ1n) is 6.48. The van der Waals surface area contributed by atoms with Crippen molar-refractivity contribution in [1.82, 2.24) is 0 Å². The molecular weight excluding hydrogens is 254 g/mol. The van der Waals surface area contributed by atoms with Crippen molar-refractivity contribution in [2.45, 2.75) is 24.2 Å². The summed E-state index contributed by atoms with van der Waals surface area (Å²) in [5, 5.41) is 0. The van der Waals surface area contributed by atoms with Gasteiger partial charge in [0.2, 0.25) is 0 Å². The predicted molar refractivity (Wildman–Crippen MR) is 79.8 cm³/mol. The summed E-state index contributed by atoms with van der Waals surface area (Å²) in [7, 11) is -1.02. The molecule has 2 aromatic carbocycles. The fourth-order valence-electron chi connectivity index (χ4n) is 2.64. The summed E-state index contributed by atoms with van der Waals surface area (Å²) in [5.41, 5.74) is 10.4. The van der Waals surface area contributed by atoms with E-state index < -0.39 is 10.8 Å². The molecule has 2 N–H and O–H groups in total. The molecule has 0 spiro atoms. The Morgan fingerprint density at radius 3 is 2.79 bits per heavy atom. The summed E-state index contributed by atoms with van der Waals surface area (Å²) >= 11 is 0. The minimum Gasteiger partial charge on any atom is -0.398 e. The first kappa shape index (κ1) is 12.4. The number of benzene rings is 2. The number of rotatable bonds is 3. The summed E-state index contributed by atoms with van der Waals surface area (Å²) in [6, 6.07) is 14.2. The molecule has 0 fully saturated rings. The van der Waals surface area contributed by atoms with E-state index in [1.165, 1.54) is 11.1 Å². The number of aryl methyl sites for hydroxylation is 1. The second-order valence-electron chi connectivity index (χ2n) is 5.10. The van der Waals surface area contributed by atoms with E-state index in [4.69, 9.17) is 5.73 Å². The molecule has 0 radical (unpaired) electrons. The monoisotopic (exact) mass is 271 g/mol. The van der Waals surface area contributed by atoms with Gasteiger partial charge < -0.3 is 5.73 Å². The lowest BCUT2D eigenvalue weighted by atomic mass is 9.79. The Balaban J connectivity index is 1.79. The Labute approximate surface area is 116 Å². The van der Waals surface area contributed by atoms with Crippen molar-refractivity contribution < 1.29 is 4.21 Å². The van der Waals surface area contributed by atoms with Gasteiger partial charge in [0.1, 0.15) is 0 Å². The van der Waals surface area contributed by atoms with E-state index in [-0.39, 0.29) is 0 Å². The molecule has 2 aromatic rings. The minimum atomic E-state index is -1.02. The van der Waals surface area contributed by atoms with Crippen molar-refractivity contribution in [3.63, 3.8) is 0 Å². The van der Waals surface area contributed by atoms with Crippen LogP contribution in [0.5, 0.6) is 0 Å². The van der Waals surface area contributed by atoms with E-state index in [2.05, 4.69) is 24.3 Å². The van der Waals surface area contributed by atoms with Crippen LogP contribution in [0.25, 0.3) is 0 Å². The zero-order chi connectivity index (χ0) is 13.4. The number of hydrogen-bond acceptors (Lipinski definition) is 2. The Morgan fingerprint density at radius 1 is 1.21 bits per heavy atom. The highest BCUT2D eigenvalue weighted by atomic mass is 32.2. The molecule has 19 heavy (non-hydrogen) atoms. The van der Waals surface area contributed by atoms with Gasteiger partial charge in [0.15, 0.2) is 0 Å². The zero-order valence-electron chi connectivity index (χ0n) is 10.9. The third kappa shape index (κ3) is 2.19. The topological polar surface area (TPSA) is 43.1 Å². The summed E-state index contributed by atoms with van der Waals surface area (Å²) in [6.45, 7) is 1.95. The Hall–Kier alpha value is -1.61. The van der Waals surface area contributed by atoms with Crippen LogP contribution in [0.2, 0.25) is 0 Å². The molecule has 3 heteroatoms. The van der Waals surface area contributed by atoms with Gasteiger partial charge in [-0.1, -0.05) is 36.4 Å². The molecule has 0 saturated heterocycles. The number of anilines is 1. The van der Waals surface area contributed by atoms with Crippen molar-refractivity contribution in [2.24, 2.45) is 0 Å². The van der Waals surface area contributed by atoms with Gasteiger partial charge in [-0.25, -0.2) is 0 Å². The van der Waals surface area contributed by atoms with Gasteiger partial charge in [-0.15, -0.1) is 0 Å². The maximum atomic E-state index is 12.5. The fraction of sp³-hybridized carbons (Fsp3) is 0.250. The molecule has 0 amide bonds. The largest absolute Gasteiger partial charge is 0.398 e. The second-order valence-corrected chi connectivity index (χ2v) is 6.56. The molecule has 0 aromatic heterocycles. The molecule has 1 aliphatic rings. The van der Waals surface area contributed by atoms with Gasteiger partial charge in [-0.05, 0) is 36.1 Å². The molecule has 3 rings (SSSR count). The fourth-order valence-corrected chi connectivity index (χ4v) is 4.12. The highest BCUT2D eigenvalue weighted by molar-refractivity contribution is 7.85. The molecule has 0 saturated carbocycles. The third-order valence-electron chi connectivity index (χ3n) is 3.84. The lowest BCUT2D eigenvalue weighted by Crippen LogP contribution is -2.22. The van der Waals surface area contributed by atoms with Gasteiger partial charge >= 0.3 is 0 Å². The molecule has 2 unspecified atom stereocenters. The Bertz CT molecular complexity index is 651. The van der Waals surface area contributed by atoms with Crippen molar-refractivity contribution in [3.8, 4) is 0 Å². The number of fused-ring (bicyclic) bond motifs is 1. The Morgan fingerprint density at radius 2 is 2.00 bits per heavy atom. The third-order valence-corrected chi connectivity index (χ3v) is 5.39. The van der Waals surface area contributed by atoms with E-state index in [0.29, 0.717) is 17.4 Å². The first-order valence-corrected chi connectivity index (χ1v) is 7.80. The number of hydrogen-bond donors (Lipinski definition) is 1. The lowest BCUT2D eigenvalue weighted by Gasteiger charge is -2.29. The van der Waals surface area contributed by atoms with Crippen molar-refractivity contribution in [1.29, 1.82) is 0 Å². The van der Waals surface area contributed by atoms with Crippen LogP contribution >= 0.6 is 0 Å². The highest BCUT2D eigenvalue weighted by Gasteiger charge is 2.27. The van der Waals surface area contributed by atoms with Gasteiger partial charge in [-0.3, -0.25) is 4.21 Å². The average molecular weight is 271 g/mol. The standard InChI is InChI=1S/C16H17NOS/c1-11-5-4-8-15(16(11)17)19(18)10-13-9-12-6-2-3-7-14(12)13/h2-8,13H,9-10,17H2,1H3. The van der Waals surface area contributed by atoms with Crippen LogP contribution < -0.4 is 5.73 Å². The molecule has 0 aliphatic heterocycles. The maximum absolute atomic E-state index is 12.5. The van der Waals surface area contributed by atoms with E-state index >= 15 is 0 Å². The van der Waals surface area contributed by atoms with Gasteiger partial charge in [-0.2, -0.15) is 0 Å². The van der Waals surface area contributed by atoms with Crippen LogP contribution in [-0.4, -0.2) is 9.96 Å². The summed E-state index contributed by atoms with van der Waals surface area (Å²) in [4.78, 5) is 0.782. The normalized spacial score (nSPS) is 18.5. The average Bonchev–Trinajstić information content (AvgIpc) is 2.39. The SMILES string of the molecule is Cc1cccc(S(=O)CC2Cc3ccccc32)c1N. The summed E-state index contributed by atoms with van der Waals surface area (Å²) in [6.07, 6.45) is 1.04. The van der Waals surface area contributed by atoms with Crippen LogP contribution in [-0.2, 0) is 17.2 Å². The van der Waals surface area contributed by atoms with Crippen LogP contribution in [0.1, 0.15) is 22.6 Å². The predicted octanol–water partition coefficient (Wildman–Crippen LogP) is 3.02. The van der Waals surface area contributed by atoms with Crippen molar-refractivity contribution in [2.75, 3.05) is 11.5 Å². The van der Waals surface area contributed by atoms with Gasteiger partial charge in [0, 0.05) is 11.7 Å². The molecule has 1 aliphatic carbocycles. The lowest BCUT2D eigenvalue weighted by molar-refractivity contribution is 0.645. The van der Waals surface area contributed by atoms with E-state index in [1.54, 1.807) is 0 Å². The molecule has 0 heterocycles. The zero-order valence-corrected chi connectivity index (χ0v) is 11.7. The minimum absolute atomic E-state index is 0.414. The molecule has 0 bridgehead atoms. The molecular formula is C16H17NOS. The summed E-state index contributed by atoms with van der Waals surface area (Å²) < 4.78 is 12.5. The van der Waals surface area contributed by atoms with Crippen LogP contribution in [0.4, 0.5) is 5.69 Å². The maximum Gasteiger partial charge on any atom is 0.0620 e. The molecule has 2 nitrogen and oxygen atoms in total. The summed E-state index contributed by atoms with van der Waals surface area (Å²) in [5.74, 6) is 1.09. The smallest absolute Gasteiger partial charge is 0.0620 e. The Kier molecular flexibility index (Phi) is 3.15. The van der Waals surface area contributed by atoms with Gasteiger partial charge in [0.25, 0.3) is 0 Å². The highest BCUT2D eigenvalue weighted by Crippen LogP contribution is 2.36. The van der Waals surface area contributed by atoms with E-state index in [0.717, 1.165) is 16.9 Å². The van der Waals surface area contributed by atoms with Gasteiger partial charge in [0.05, 0.1) is 21.4 Å². The van der Waals surface area contributed by atoms with Crippen LogP contribution in [0, 0.1) is 6.92 Å². The van der Waals surface area contributed by atoms with E-state index in [1.807, 2.05) is 25.1 Å². The van der Waals surface area contributed by atoms with Crippen LogP contribution in [0.3, 0.4) is 0 Å². The number of para-hydroxylation sites is 1. The number of nitrogens with two attached hydrogens (primary N) is 1. The van der Waals surface area contributed by atoms with Crippen molar-refractivity contribution in [3.05, 3.63) is 59.2 Å². The molecule has 98 valence electrons. The van der Waals surface area contributed by atoms with Crippen molar-refractivity contribution >= 4 is 16.5 Å². The molecule has 2 atom stereocenters. The first-order chi connectivity index (χ1) is 9.16. The second kappa shape index (κ2) is 4.82. The number of nitrogen functional groups attached to an aromatic ring is 1. The van der Waals surface area contributed by atoms with E-state index in [9.17, 15) is 4.21 Å².